The largest absolute Gasteiger partial charge is 0.394 e. The molecular weight excluding hydrogens is 188 g/mol. The molecule has 1 fully saturated rings. The van der Waals surface area contributed by atoms with Crippen LogP contribution >= 0.6 is 0 Å². The van der Waals surface area contributed by atoms with E-state index in [0.29, 0.717) is 0 Å². The summed E-state index contributed by atoms with van der Waals surface area (Å²) in [4.78, 5) is 4.56. The summed E-state index contributed by atoms with van der Waals surface area (Å²) < 4.78 is 0. The summed E-state index contributed by atoms with van der Waals surface area (Å²) in [5, 5.41) is 9.37. The van der Waals surface area contributed by atoms with E-state index in [0.717, 1.165) is 19.6 Å². The number of aliphatic hydroxyl groups is 1. The number of para-hydroxylation sites is 1. The first-order chi connectivity index (χ1) is 7.31. The molecule has 1 N–H and O–H groups in total. The van der Waals surface area contributed by atoms with Gasteiger partial charge in [-0.1, -0.05) is 18.2 Å². The van der Waals surface area contributed by atoms with Crippen molar-refractivity contribution < 1.29 is 5.11 Å². The highest BCUT2D eigenvalue weighted by Crippen LogP contribution is 2.19. The predicted molar refractivity (Wildman–Crippen MR) is 62.2 cm³/mol. The fraction of sp³-hybridized carbons (Fsp3) is 0.500. The second-order valence-corrected chi connectivity index (χ2v) is 4.13. The second kappa shape index (κ2) is 4.64. The van der Waals surface area contributed by atoms with Crippen molar-refractivity contribution in [1.29, 1.82) is 0 Å². The van der Waals surface area contributed by atoms with E-state index < -0.39 is 0 Å². The van der Waals surface area contributed by atoms with E-state index in [1.165, 1.54) is 5.69 Å². The van der Waals surface area contributed by atoms with Gasteiger partial charge < -0.3 is 14.9 Å². The van der Waals surface area contributed by atoms with Gasteiger partial charge in [0.25, 0.3) is 0 Å². The number of likely N-dealkylation sites (N-methyl/N-ethyl adjacent to an activating group) is 1. The Morgan fingerprint density at radius 3 is 2.67 bits per heavy atom. The first-order valence-corrected chi connectivity index (χ1v) is 5.42. The minimum Gasteiger partial charge on any atom is -0.394 e. The van der Waals surface area contributed by atoms with Gasteiger partial charge in [0.2, 0.25) is 0 Å². The quantitative estimate of drug-likeness (QED) is 0.775. The fourth-order valence-electron chi connectivity index (χ4n) is 2.13. The lowest BCUT2D eigenvalue weighted by molar-refractivity contribution is 0.191. The van der Waals surface area contributed by atoms with Gasteiger partial charge in [-0.3, -0.25) is 0 Å². The van der Waals surface area contributed by atoms with Crippen LogP contribution in [0.25, 0.3) is 0 Å². The van der Waals surface area contributed by atoms with E-state index in [4.69, 9.17) is 0 Å². The van der Waals surface area contributed by atoms with Crippen LogP contribution in [-0.2, 0) is 0 Å². The van der Waals surface area contributed by atoms with Crippen molar-refractivity contribution in [2.24, 2.45) is 0 Å². The van der Waals surface area contributed by atoms with Crippen molar-refractivity contribution in [3.8, 4) is 0 Å². The van der Waals surface area contributed by atoms with Crippen molar-refractivity contribution in [3.05, 3.63) is 30.3 Å². The van der Waals surface area contributed by atoms with Crippen LogP contribution in [0.5, 0.6) is 0 Å². The van der Waals surface area contributed by atoms with Gasteiger partial charge in [-0.05, 0) is 19.2 Å². The third-order valence-corrected chi connectivity index (χ3v) is 2.98. The van der Waals surface area contributed by atoms with Crippen LogP contribution in [0.1, 0.15) is 0 Å². The van der Waals surface area contributed by atoms with Crippen LogP contribution < -0.4 is 4.90 Å². The maximum atomic E-state index is 9.37. The highest BCUT2D eigenvalue weighted by Gasteiger charge is 2.24. The molecule has 82 valence electrons. The Morgan fingerprint density at radius 2 is 2.00 bits per heavy atom. The van der Waals surface area contributed by atoms with Crippen LogP contribution in [0.2, 0.25) is 0 Å². The molecule has 2 rings (SSSR count). The molecule has 0 spiro atoms. The van der Waals surface area contributed by atoms with Crippen LogP contribution in [0.4, 0.5) is 5.69 Å². The van der Waals surface area contributed by atoms with Crippen LogP contribution in [0.3, 0.4) is 0 Å². The first kappa shape index (κ1) is 10.5. The smallest absolute Gasteiger partial charge is 0.0648 e. The van der Waals surface area contributed by atoms with E-state index in [9.17, 15) is 5.11 Å². The standard InChI is InChI=1S/C12H18N2O/c1-13-7-8-14(12(9-13)10-15)11-5-3-2-4-6-11/h2-6,12,15H,7-10H2,1H3. The van der Waals surface area contributed by atoms with E-state index in [2.05, 4.69) is 29.0 Å². The first-order valence-electron chi connectivity index (χ1n) is 5.42. The molecule has 1 aliphatic heterocycles. The van der Waals surface area contributed by atoms with Crippen molar-refractivity contribution in [1.82, 2.24) is 4.90 Å². The van der Waals surface area contributed by atoms with Crippen molar-refractivity contribution in [2.45, 2.75) is 6.04 Å². The molecular formula is C12H18N2O. The van der Waals surface area contributed by atoms with Crippen molar-refractivity contribution in [2.75, 3.05) is 38.2 Å². The van der Waals surface area contributed by atoms with Gasteiger partial charge in [0.05, 0.1) is 12.6 Å². The molecule has 1 heterocycles. The Morgan fingerprint density at radius 1 is 1.27 bits per heavy atom. The van der Waals surface area contributed by atoms with Gasteiger partial charge in [-0.25, -0.2) is 0 Å². The lowest BCUT2D eigenvalue weighted by Gasteiger charge is -2.40. The molecule has 3 heteroatoms. The molecule has 15 heavy (non-hydrogen) atoms. The minimum atomic E-state index is 0.221. The Balaban J connectivity index is 2.14. The summed E-state index contributed by atoms with van der Waals surface area (Å²) in [7, 11) is 2.10. The Kier molecular flexibility index (Phi) is 3.23. The van der Waals surface area contributed by atoms with E-state index >= 15 is 0 Å². The summed E-state index contributed by atoms with van der Waals surface area (Å²) in [6, 6.07) is 10.5. The van der Waals surface area contributed by atoms with Crippen molar-refractivity contribution in [3.63, 3.8) is 0 Å². The lowest BCUT2D eigenvalue weighted by Crippen LogP contribution is -2.53. The van der Waals surface area contributed by atoms with Gasteiger partial charge in [0, 0.05) is 25.3 Å². The van der Waals surface area contributed by atoms with Gasteiger partial charge in [0.1, 0.15) is 0 Å². The fourth-order valence-corrected chi connectivity index (χ4v) is 2.13. The Labute approximate surface area is 90.9 Å². The van der Waals surface area contributed by atoms with Crippen LogP contribution in [0.15, 0.2) is 30.3 Å². The number of piperazine rings is 1. The van der Waals surface area contributed by atoms with Crippen molar-refractivity contribution >= 4 is 5.69 Å². The number of aliphatic hydroxyl groups excluding tert-OH is 1. The number of benzene rings is 1. The number of rotatable bonds is 2. The molecule has 1 unspecified atom stereocenters. The monoisotopic (exact) mass is 206 g/mol. The molecule has 0 bridgehead atoms. The molecule has 1 atom stereocenters. The van der Waals surface area contributed by atoms with Gasteiger partial charge in [-0.15, -0.1) is 0 Å². The topological polar surface area (TPSA) is 26.7 Å². The highest BCUT2D eigenvalue weighted by atomic mass is 16.3. The summed E-state index contributed by atoms with van der Waals surface area (Å²) in [5.74, 6) is 0. The summed E-state index contributed by atoms with van der Waals surface area (Å²) >= 11 is 0. The lowest BCUT2D eigenvalue weighted by atomic mass is 10.1. The van der Waals surface area contributed by atoms with Crippen LogP contribution in [-0.4, -0.2) is 49.3 Å². The number of nitrogens with zero attached hydrogens (tertiary/aromatic N) is 2. The zero-order valence-corrected chi connectivity index (χ0v) is 9.13. The number of hydrogen-bond donors (Lipinski definition) is 1. The SMILES string of the molecule is CN1CCN(c2ccccc2)C(CO)C1. The number of hydrogen-bond acceptors (Lipinski definition) is 3. The molecule has 0 aromatic heterocycles. The molecule has 0 amide bonds. The maximum Gasteiger partial charge on any atom is 0.0648 e. The molecule has 0 saturated carbocycles. The third kappa shape index (κ3) is 2.30. The molecule has 0 radical (unpaired) electrons. The molecule has 0 aliphatic carbocycles. The summed E-state index contributed by atoms with van der Waals surface area (Å²) in [6.07, 6.45) is 0. The minimum absolute atomic E-state index is 0.221. The Hall–Kier alpha value is -1.06. The van der Waals surface area contributed by atoms with Gasteiger partial charge >= 0.3 is 0 Å². The average molecular weight is 206 g/mol. The average Bonchev–Trinajstić information content (AvgIpc) is 2.30. The predicted octanol–water partition coefficient (Wildman–Crippen LogP) is 0.799. The highest BCUT2D eigenvalue weighted by molar-refractivity contribution is 5.47. The third-order valence-electron chi connectivity index (χ3n) is 2.98. The van der Waals surface area contributed by atoms with Gasteiger partial charge in [-0.2, -0.15) is 0 Å². The van der Waals surface area contributed by atoms with E-state index in [1.54, 1.807) is 0 Å². The summed E-state index contributed by atoms with van der Waals surface area (Å²) in [6.45, 7) is 3.21. The molecule has 1 saturated heterocycles. The summed E-state index contributed by atoms with van der Waals surface area (Å²) in [5.41, 5.74) is 1.21. The second-order valence-electron chi connectivity index (χ2n) is 4.13. The Bertz CT molecular complexity index is 302. The number of anilines is 1. The molecule has 1 aromatic rings. The van der Waals surface area contributed by atoms with Gasteiger partial charge in [0.15, 0.2) is 0 Å². The molecule has 1 aliphatic rings. The normalized spacial score (nSPS) is 23.1. The maximum absolute atomic E-state index is 9.37. The van der Waals surface area contributed by atoms with Crippen LogP contribution in [0, 0.1) is 0 Å². The zero-order valence-electron chi connectivity index (χ0n) is 9.13. The molecule has 1 aromatic carbocycles. The molecule has 3 nitrogen and oxygen atoms in total. The zero-order chi connectivity index (χ0) is 10.7. The van der Waals surface area contributed by atoms with E-state index in [1.807, 2.05) is 18.2 Å². The van der Waals surface area contributed by atoms with E-state index in [-0.39, 0.29) is 12.6 Å².